The fourth-order valence-corrected chi connectivity index (χ4v) is 10.7. The van der Waals surface area contributed by atoms with Crippen LogP contribution < -0.4 is 20.4 Å². The number of nitrogens with zero attached hydrogens (tertiary/aromatic N) is 5. The highest BCUT2D eigenvalue weighted by Gasteiger charge is 2.44. The van der Waals surface area contributed by atoms with E-state index in [2.05, 4.69) is 25.3 Å². The molecule has 1 saturated carbocycles. The largest absolute Gasteiger partial charge is 0.393 e. The first kappa shape index (κ1) is 44.2. The molecule has 0 spiro atoms. The fraction of sp³-hybridized carbons (Fsp3) is 0.302. The maximum absolute atomic E-state index is 14.4. The van der Waals surface area contributed by atoms with Crippen LogP contribution in [0.15, 0.2) is 138 Å². The zero-order chi connectivity index (χ0) is 44.0. The fourth-order valence-electron chi connectivity index (χ4n) is 7.76. The van der Waals surface area contributed by atoms with Gasteiger partial charge in [0, 0.05) is 50.1 Å². The Morgan fingerprint density at radius 1 is 0.758 bits per heavy atom. The average molecular weight is 891 g/mol. The molecule has 1 saturated heterocycles. The predicted molar refractivity (Wildman–Crippen MR) is 225 cm³/mol. The second kappa shape index (κ2) is 18.6. The number of alkyl halides is 3. The van der Waals surface area contributed by atoms with E-state index in [-0.39, 0.29) is 53.6 Å². The van der Waals surface area contributed by atoms with Crippen molar-refractivity contribution in [2.45, 2.75) is 73.1 Å². The topological polar surface area (TPSA) is 174 Å². The van der Waals surface area contributed by atoms with Gasteiger partial charge in [0.2, 0.25) is 20.0 Å². The third-order valence-corrected chi connectivity index (χ3v) is 14.4. The Balaban J connectivity index is 1.18. The van der Waals surface area contributed by atoms with Gasteiger partial charge in [-0.1, -0.05) is 55.3 Å². The van der Waals surface area contributed by atoms with Crippen molar-refractivity contribution in [3.63, 3.8) is 0 Å². The molecule has 3 heterocycles. The zero-order valence-corrected chi connectivity index (χ0v) is 35.0. The van der Waals surface area contributed by atoms with E-state index in [0.717, 1.165) is 32.7 Å². The number of hydrazine groups is 1. The minimum absolute atomic E-state index is 0.0140. The smallest absolute Gasteiger partial charge is 0.332 e. The Bertz CT molecular complexity index is 2530. The lowest BCUT2D eigenvalue weighted by molar-refractivity contribution is -0.182. The molecule has 5 aromatic rings. The highest BCUT2D eigenvalue weighted by molar-refractivity contribution is 7.89. The van der Waals surface area contributed by atoms with E-state index in [1.807, 2.05) is 30.3 Å². The summed E-state index contributed by atoms with van der Waals surface area (Å²) in [5.41, 5.74) is 1.47. The molecular weight excluding hydrogens is 846 g/mol. The van der Waals surface area contributed by atoms with Crippen molar-refractivity contribution in [2.24, 2.45) is 5.92 Å². The summed E-state index contributed by atoms with van der Waals surface area (Å²) in [6, 6.07) is 25.1. The molecule has 2 fully saturated rings. The monoisotopic (exact) mass is 890 g/mol. The standard InChI is InChI=1S/C43H45F3N8O6S2/c44-43(45,46)35-13-8-26-52(31-35)62(59,60)39-18-14-36(15-19-39)50-41(56)53(30-33-10-7-25-48-28-33)54(40(55)49-29-32-9-6-24-47-27-32)37-16-20-38(21-17-37)61(57,58)51-42(22-4-5-23-42)34-11-2-1-3-12-34/h1-3,6-7,9-12,14-21,24-25,27-28,35,51H,4-5,8,13,22-23,26,29-31H2,(H,49,55)(H,50,56). The summed E-state index contributed by atoms with van der Waals surface area (Å²) in [6.07, 6.45) is 4.48. The minimum atomic E-state index is -4.54. The van der Waals surface area contributed by atoms with Gasteiger partial charge in [-0.05, 0) is 103 Å². The number of urea groups is 2. The van der Waals surface area contributed by atoms with E-state index < -0.39 is 56.3 Å². The van der Waals surface area contributed by atoms with E-state index in [1.165, 1.54) is 60.9 Å². The molecule has 19 heteroatoms. The molecule has 0 bridgehead atoms. The van der Waals surface area contributed by atoms with Crippen LogP contribution >= 0.6 is 0 Å². The summed E-state index contributed by atoms with van der Waals surface area (Å²) in [5, 5.41) is 7.63. The molecule has 1 aliphatic heterocycles. The third-order valence-electron chi connectivity index (χ3n) is 11.0. The van der Waals surface area contributed by atoms with E-state index >= 15 is 0 Å². The molecule has 326 valence electrons. The van der Waals surface area contributed by atoms with E-state index in [4.69, 9.17) is 0 Å². The second-order valence-electron chi connectivity index (χ2n) is 15.2. The van der Waals surface area contributed by atoms with Crippen LogP contribution in [-0.4, -0.2) is 67.4 Å². The first-order valence-corrected chi connectivity index (χ1v) is 22.9. The summed E-state index contributed by atoms with van der Waals surface area (Å²) in [6.45, 7) is -0.958. The number of rotatable bonds is 12. The maximum Gasteiger partial charge on any atom is 0.393 e. The van der Waals surface area contributed by atoms with Gasteiger partial charge in [0.25, 0.3) is 0 Å². The van der Waals surface area contributed by atoms with Crippen LogP contribution in [0.2, 0.25) is 0 Å². The molecule has 4 amide bonds. The van der Waals surface area contributed by atoms with E-state index in [9.17, 15) is 39.6 Å². The van der Waals surface area contributed by atoms with Gasteiger partial charge in [-0.15, -0.1) is 0 Å². The van der Waals surface area contributed by atoms with Crippen LogP contribution in [0.3, 0.4) is 0 Å². The summed E-state index contributed by atoms with van der Waals surface area (Å²) in [7, 11) is -8.38. The predicted octanol–water partition coefficient (Wildman–Crippen LogP) is 7.55. The van der Waals surface area contributed by atoms with Gasteiger partial charge in [-0.2, -0.15) is 22.5 Å². The molecule has 7 rings (SSSR count). The highest BCUT2D eigenvalue weighted by Crippen LogP contribution is 2.40. The van der Waals surface area contributed by atoms with Crippen molar-refractivity contribution in [3.05, 3.63) is 145 Å². The Morgan fingerprint density at radius 3 is 2.00 bits per heavy atom. The number of nitrogens with one attached hydrogen (secondary N) is 3. The first-order chi connectivity index (χ1) is 29.6. The van der Waals surface area contributed by atoms with E-state index in [0.29, 0.717) is 24.0 Å². The first-order valence-electron chi connectivity index (χ1n) is 20.0. The number of carbonyl (C=O) groups is 2. The lowest BCUT2D eigenvalue weighted by Gasteiger charge is -2.35. The number of carbonyl (C=O) groups excluding carboxylic acids is 2. The van der Waals surface area contributed by atoms with Gasteiger partial charge in [-0.3, -0.25) is 9.97 Å². The number of hydrogen-bond acceptors (Lipinski definition) is 8. The molecule has 3 aromatic carbocycles. The van der Waals surface area contributed by atoms with Crippen LogP contribution in [0, 0.1) is 5.92 Å². The number of benzene rings is 3. The number of amides is 4. The van der Waals surface area contributed by atoms with Crippen molar-refractivity contribution in [1.82, 2.24) is 29.3 Å². The van der Waals surface area contributed by atoms with Crippen molar-refractivity contribution in [2.75, 3.05) is 23.4 Å². The number of sulfonamides is 2. The van der Waals surface area contributed by atoms with Crippen LogP contribution in [-0.2, 0) is 38.7 Å². The lowest BCUT2D eigenvalue weighted by Crippen LogP contribution is -2.54. The number of pyridine rings is 2. The number of piperidine rings is 1. The quantitative estimate of drug-likeness (QED) is 0.108. The van der Waals surface area contributed by atoms with E-state index in [1.54, 1.807) is 36.7 Å². The molecule has 2 aromatic heterocycles. The Kier molecular flexibility index (Phi) is 13.3. The molecule has 1 atom stereocenters. The van der Waals surface area contributed by atoms with Crippen LogP contribution in [0.25, 0.3) is 0 Å². The SMILES string of the molecule is O=C(Nc1ccc(S(=O)(=O)N2CCCC(C(F)(F)F)C2)cc1)N(Cc1cccnc1)N(C(=O)NCc1cccnc1)c1ccc(S(=O)(=O)NC2(c3ccccc3)CCCC2)cc1. The maximum atomic E-state index is 14.4. The lowest BCUT2D eigenvalue weighted by atomic mass is 9.89. The number of aromatic nitrogens is 2. The van der Waals surface area contributed by atoms with Gasteiger partial charge in [0.1, 0.15) is 0 Å². The summed E-state index contributed by atoms with van der Waals surface area (Å²) < 4.78 is 99.0. The number of anilines is 2. The summed E-state index contributed by atoms with van der Waals surface area (Å²) in [5.74, 6) is -1.78. The van der Waals surface area contributed by atoms with Gasteiger partial charge in [0.05, 0.1) is 33.5 Å². The van der Waals surface area contributed by atoms with Gasteiger partial charge in [0.15, 0.2) is 0 Å². The van der Waals surface area contributed by atoms with Crippen molar-refractivity contribution >= 4 is 43.5 Å². The van der Waals surface area contributed by atoms with Crippen molar-refractivity contribution < 1.29 is 39.6 Å². The Hall–Kier alpha value is -5.89. The molecule has 62 heavy (non-hydrogen) atoms. The molecule has 1 aliphatic carbocycles. The average Bonchev–Trinajstić information content (AvgIpc) is 3.75. The molecule has 1 unspecified atom stereocenters. The normalized spacial score (nSPS) is 16.9. The van der Waals surface area contributed by atoms with Gasteiger partial charge < -0.3 is 10.6 Å². The molecular formula is C43H45F3N8O6S2. The van der Waals surface area contributed by atoms with Crippen molar-refractivity contribution in [1.29, 1.82) is 0 Å². The number of hydrogen-bond donors (Lipinski definition) is 3. The van der Waals surface area contributed by atoms with Gasteiger partial charge in [-0.25, -0.2) is 36.2 Å². The Labute approximate surface area is 358 Å². The van der Waals surface area contributed by atoms with Crippen LogP contribution in [0.5, 0.6) is 0 Å². The minimum Gasteiger partial charge on any atom is -0.332 e. The molecule has 3 N–H and O–H groups in total. The molecule has 14 nitrogen and oxygen atoms in total. The Morgan fingerprint density at radius 2 is 1.39 bits per heavy atom. The molecule has 2 aliphatic rings. The van der Waals surface area contributed by atoms with Crippen LogP contribution in [0.4, 0.5) is 34.1 Å². The van der Waals surface area contributed by atoms with Gasteiger partial charge >= 0.3 is 18.2 Å². The highest BCUT2D eigenvalue weighted by atomic mass is 32.2. The number of halogens is 3. The zero-order valence-electron chi connectivity index (χ0n) is 33.4. The summed E-state index contributed by atoms with van der Waals surface area (Å²) in [4.78, 5) is 36.6. The second-order valence-corrected chi connectivity index (χ2v) is 18.8. The van der Waals surface area contributed by atoms with Crippen LogP contribution in [0.1, 0.15) is 55.2 Å². The summed E-state index contributed by atoms with van der Waals surface area (Å²) >= 11 is 0. The third kappa shape index (κ3) is 10.2. The molecule has 0 radical (unpaired) electrons. The van der Waals surface area contributed by atoms with Crippen molar-refractivity contribution in [3.8, 4) is 0 Å².